The van der Waals surface area contributed by atoms with E-state index in [9.17, 15) is 4.79 Å². The van der Waals surface area contributed by atoms with E-state index in [2.05, 4.69) is 27.2 Å². The largest absolute Gasteiger partial charge is 0.497 e. The fraction of sp³-hybridized carbons (Fsp3) is 0.588. The molecule has 1 aromatic carbocycles. The van der Waals surface area contributed by atoms with Crippen molar-refractivity contribution in [3.8, 4) is 5.75 Å². The first-order valence-electron chi connectivity index (χ1n) is 8.02. The Morgan fingerprint density at radius 3 is 2.39 bits per heavy atom. The van der Waals surface area contributed by atoms with E-state index in [4.69, 9.17) is 9.47 Å². The molecule has 1 aromatic rings. The van der Waals surface area contributed by atoms with Crippen molar-refractivity contribution in [2.45, 2.75) is 13.0 Å². The molecule has 1 aliphatic heterocycles. The van der Waals surface area contributed by atoms with Gasteiger partial charge in [0.05, 0.1) is 20.3 Å². The highest BCUT2D eigenvalue weighted by atomic mass is 16.5. The summed E-state index contributed by atoms with van der Waals surface area (Å²) in [7, 11) is 3.31. The van der Waals surface area contributed by atoms with Gasteiger partial charge in [0.2, 0.25) is 5.91 Å². The highest BCUT2D eigenvalue weighted by Gasteiger charge is 2.19. The summed E-state index contributed by atoms with van der Waals surface area (Å²) in [6.45, 7) is 6.56. The Kier molecular flexibility index (Phi) is 6.67. The molecule has 1 aliphatic rings. The second-order valence-corrected chi connectivity index (χ2v) is 5.89. The molecule has 0 spiro atoms. The highest BCUT2D eigenvalue weighted by Crippen LogP contribution is 2.20. The normalized spacial score (nSPS) is 16.9. The molecule has 2 rings (SSSR count). The lowest BCUT2D eigenvalue weighted by Gasteiger charge is -2.35. The quantitative estimate of drug-likeness (QED) is 0.811. The van der Waals surface area contributed by atoms with Crippen LogP contribution in [0.1, 0.15) is 6.92 Å². The Morgan fingerprint density at radius 2 is 1.83 bits per heavy atom. The molecule has 23 heavy (non-hydrogen) atoms. The summed E-state index contributed by atoms with van der Waals surface area (Å²) < 4.78 is 10.2. The van der Waals surface area contributed by atoms with E-state index in [1.54, 1.807) is 14.2 Å². The van der Waals surface area contributed by atoms with Crippen LogP contribution in [0.15, 0.2) is 24.3 Å². The number of ether oxygens (including phenoxy) is 2. The number of piperazine rings is 1. The van der Waals surface area contributed by atoms with Crippen molar-refractivity contribution in [2.24, 2.45) is 0 Å². The molecule has 1 fully saturated rings. The number of nitrogens with one attached hydrogen (secondary N) is 1. The van der Waals surface area contributed by atoms with Crippen LogP contribution in [0, 0.1) is 0 Å². The summed E-state index contributed by atoms with van der Waals surface area (Å²) in [6, 6.07) is 8.16. The van der Waals surface area contributed by atoms with E-state index in [0.29, 0.717) is 13.2 Å². The summed E-state index contributed by atoms with van der Waals surface area (Å²) in [6.07, 6.45) is 0. The van der Waals surface area contributed by atoms with Gasteiger partial charge in [-0.2, -0.15) is 0 Å². The van der Waals surface area contributed by atoms with Crippen molar-refractivity contribution in [3.05, 3.63) is 24.3 Å². The Hall–Kier alpha value is -1.79. The molecule has 0 saturated carbocycles. The van der Waals surface area contributed by atoms with Crippen molar-refractivity contribution in [1.29, 1.82) is 0 Å². The van der Waals surface area contributed by atoms with Crippen LogP contribution in [0.25, 0.3) is 0 Å². The lowest BCUT2D eigenvalue weighted by atomic mass is 10.2. The predicted molar refractivity (Wildman–Crippen MR) is 91.1 cm³/mol. The van der Waals surface area contributed by atoms with Gasteiger partial charge in [0.1, 0.15) is 5.75 Å². The molecule has 0 aromatic heterocycles. The monoisotopic (exact) mass is 321 g/mol. The Morgan fingerprint density at radius 1 is 1.17 bits per heavy atom. The smallest absolute Gasteiger partial charge is 0.234 e. The summed E-state index contributed by atoms with van der Waals surface area (Å²) in [5.74, 6) is 0.932. The lowest BCUT2D eigenvalue weighted by Crippen LogP contribution is -2.50. The molecule has 0 bridgehead atoms. The van der Waals surface area contributed by atoms with Crippen LogP contribution in [-0.4, -0.2) is 70.4 Å². The van der Waals surface area contributed by atoms with E-state index in [-0.39, 0.29) is 11.9 Å². The molecular weight excluding hydrogens is 294 g/mol. The van der Waals surface area contributed by atoms with Gasteiger partial charge >= 0.3 is 0 Å². The molecule has 1 saturated heterocycles. The van der Waals surface area contributed by atoms with Crippen molar-refractivity contribution >= 4 is 11.6 Å². The second kappa shape index (κ2) is 8.74. The molecule has 6 heteroatoms. The lowest BCUT2D eigenvalue weighted by molar-refractivity contribution is -0.123. The van der Waals surface area contributed by atoms with Crippen molar-refractivity contribution in [1.82, 2.24) is 10.2 Å². The van der Waals surface area contributed by atoms with Crippen molar-refractivity contribution in [3.63, 3.8) is 0 Å². The maximum Gasteiger partial charge on any atom is 0.234 e. The minimum absolute atomic E-state index is 0.0492. The number of hydrogen-bond donors (Lipinski definition) is 1. The van der Waals surface area contributed by atoms with Gasteiger partial charge in [0.25, 0.3) is 0 Å². The zero-order valence-corrected chi connectivity index (χ0v) is 14.2. The van der Waals surface area contributed by atoms with Gasteiger partial charge in [-0.3, -0.25) is 9.69 Å². The summed E-state index contributed by atoms with van der Waals surface area (Å²) >= 11 is 0. The van der Waals surface area contributed by atoms with Gasteiger partial charge in [0.15, 0.2) is 0 Å². The summed E-state index contributed by atoms with van der Waals surface area (Å²) in [5, 5.41) is 2.95. The molecule has 1 unspecified atom stereocenters. The number of carbonyl (C=O) groups excluding carboxylic acids is 1. The van der Waals surface area contributed by atoms with Gasteiger partial charge < -0.3 is 19.7 Å². The van der Waals surface area contributed by atoms with Crippen LogP contribution in [-0.2, 0) is 9.53 Å². The average molecular weight is 321 g/mol. The molecule has 0 aliphatic carbocycles. The summed E-state index contributed by atoms with van der Waals surface area (Å²) in [4.78, 5) is 16.5. The van der Waals surface area contributed by atoms with E-state index < -0.39 is 0 Å². The number of carbonyl (C=O) groups is 1. The van der Waals surface area contributed by atoms with E-state index in [0.717, 1.165) is 31.9 Å². The first-order chi connectivity index (χ1) is 11.1. The van der Waals surface area contributed by atoms with E-state index in [1.165, 1.54) is 5.69 Å². The first-order valence-corrected chi connectivity index (χ1v) is 8.02. The second-order valence-electron chi connectivity index (χ2n) is 5.89. The number of hydrogen-bond acceptors (Lipinski definition) is 5. The SMILES string of the molecule is COCC(C)NC(=O)CN1CCN(c2ccc(OC)cc2)CC1. The highest BCUT2D eigenvalue weighted by molar-refractivity contribution is 5.78. The van der Waals surface area contributed by atoms with Crippen LogP contribution in [0.4, 0.5) is 5.69 Å². The number of nitrogens with zero attached hydrogens (tertiary/aromatic N) is 2. The van der Waals surface area contributed by atoms with Crippen LogP contribution < -0.4 is 15.0 Å². The van der Waals surface area contributed by atoms with Crippen LogP contribution in [0.5, 0.6) is 5.75 Å². The van der Waals surface area contributed by atoms with Gasteiger partial charge in [-0.1, -0.05) is 0 Å². The predicted octanol–water partition coefficient (Wildman–Crippen LogP) is 0.968. The Labute approximate surface area is 138 Å². The standard InChI is InChI=1S/C17H27N3O3/c1-14(13-22-2)18-17(21)12-19-8-10-20(11-9-19)15-4-6-16(23-3)7-5-15/h4-7,14H,8-13H2,1-3H3,(H,18,21). The topological polar surface area (TPSA) is 54.0 Å². The number of anilines is 1. The van der Waals surface area contributed by atoms with Gasteiger partial charge in [-0.15, -0.1) is 0 Å². The maximum atomic E-state index is 12.0. The maximum absolute atomic E-state index is 12.0. The van der Waals surface area contributed by atoms with Gasteiger partial charge in [-0.25, -0.2) is 0 Å². The molecule has 1 heterocycles. The minimum Gasteiger partial charge on any atom is -0.497 e. The van der Waals surface area contributed by atoms with Crippen LogP contribution in [0.3, 0.4) is 0 Å². The van der Waals surface area contributed by atoms with E-state index >= 15 is 0 Å². The molecule has 1 N–H and O–H groups in total. The first kappa shape index (κ1) is 17.6. The third-order valence-electron chi connectivity index (χ3n) is 4.00. The zero-order valence-electron chi connectivity index (χ0n) is 14.2. The average Bonchev–Trinajstić information content (AvgIpc) is 2.56. The van der Waals surface area contributed by atoms with E-state index in [1.807, 2.05) is 19.1 Å². The van der Waals surface area contributed by atoms with Gasteiger partial charge in [0, 0.05) is 45.0 Å². The minimum atomic E-state index is 0.0492. The molecule has 6 nitrogen and oxygen atoms in total. The molecule has 1 atom stereocenters. The summed E-state index contributed by atoms with van der Waals surface area (Å²) in [5.41, 5.74) is 1.20. The van der Waals surface area contributed by atoms with Crippen molar-refractivity contribution < 1.29 is 14.3 Å². The molecule has 1 amide bonds. The Bertz CT molecular complexity index is 484. The molecular formula is C17H27N3O3. The number of amides is 1. The number of methoxy groups -OCH3 is 2. The zero-order chi connectivity index (χ0) is 16.7. The van der Waals surface area contributed by atoms with Gasteiger partial charge in [-0.05, 0) is 31.2 Å². The van der Waals surface area contributed by atoms with Crippen LogP contribution in [0.2, 0.25) is 0 Å². The fourth-order valence-electron chi connectivity index (χ4n) is 2.77. The van der Waals surface area contributed by atoms with Crippen molar-refractivity contribution in [2.75, 3.05) is 58.5 Å². The fourth-order valence-corrected chi connectivity index (χ4v) is 2.77. The number of rotatable bonds is 7. The molecule has 0 radical (unpaired) electrons. The third kappa shape index (κ3) is 5.41. The number of benzene rings is 1. The molecule has 128 valence electrons. The third-order valence-corrected chi connectivity index (χ3v) is 4.00. The van der Waals surface area contributed by atoms with Crippen LogP contribution >= 0.6 is 0 Å². The Balaban J connectivity index is 1.75.